The molecule has 1 aliphatic heterocycles. The van der Waals surface area contributed by atoms with E-state index < -0.39 is 4.39 Å². The molecule has 1 N–H and O–H groups in total. The van der Waals surface area contributed by atoms with Crippen molar-refractivity contribution < 1.29 is 5.11 Å². The molecule has 1 heterocycles. The van der Waals surface area contributed by atoms with Gasteiger partial charge in [0.2, 0.25) is 0 Å². The van der Waals surface area contributed by atoms with Gasteiger partial charge in [0, 0.05) is 11.5 Å². The molecule has 0 aromatic rings. The zero-order valence-corrected chi connectivity index (χ0v) is 6.22. The zero-order valence-electron chi connectivity index (χ0n) is 3.90. The second kappa shape index (κ2) is 2.10. The van der Waals surface area contributed by atoms with Gasteiger partial charge < -0.3 is 5.11 Å². The fourth-order valence-corrected chi connectivity index (χ4v) is 1.83. The molecule has 0 spiro atoms. The van der Waals surface area contributed by atoms with Crippen molar-refractivity contribution >= 4 is 35.0 Å². The Bertz CT molecular complexity index is 132. The fraction of sp³-hybridized carbons (Fsp3) is 0.500. The lowest BCUT2D eigenvalue weighted by Crippen LogP contribution is -2.09. The summed E-state index contributed by atoms with van der Waals surface area (Å²) in [5, 5.41) is 11.2. The van der Waals surface area contributed by atoms with Crippen molar-refractivity contribution in [2.24, 2.45) is 0 Å². The minimum Gasteiger partial charge on any atom is -0.366 e. The molecule has 1 unspecified atom stereocenters. The maximum atomic E-state index is 8.96. The summed E-state index contributed by atoms with van der Waals surface area (Å²) < 4.78 is -1.17. The van der Waals surface area contributed by atoms with Gasteiger partial charge in [0.1, 0.15) is 0 Å². The fourth-order valence-electron chi connectivity index (χ4n) is 0.446. The predicted molar refractivity (Wildman–Crippen MR) is 36.9 cm³/mol. The smallest absolute Gasteiger partial charge is 0.195 e. The Morgan fingerprint density at radius 1 is 1.88 bits per heavy atom. The standard InChI is InChI=1S/C4H4Cl2OS/c5-3-1-4(6,7)8-2-3/h2,7H,1H2. The van der Waals surface area contributed by atoms with E-state index in [1.807, 2.05) is 0 Å². The summed E-state index contributed by atoms with van der Waals surface area (Å²) in [5.41, 5.74) is 0. The van der Waals surface area contributed by atoms with Crippen LogP contribution in [-0.4, -0.2) is 9.50 Å². The van der Waals surface area contributed by atoms with Crippen LogP contribution in [0.4, 0.5) is 0 Å². The first-order valence-electron chi connectivity index (χ1n) is 2.04. The molecule has 0 aromatic carbocycles. The number of hydrogen-bond donors (Lipinski definition) is 1. The Kier molecular flexibility index (Phi) is 1.77. The minimum atomic E-state index is -1.17. The highest BCUT2D eigenvalue weighted by Gasteiger charge is 2.29. The van der Waals surface area contributed by atoms with Crippen LogP contribution in [0.3, 0.4) is 0 Å². The first kappa shape index (κ1) is 6.75. The molecule has 1 aliphatic rings. The first-order chi connectivity index (χ1) is 3.60. The van der Waals surface area contributed by atoms with Crippen molar-refractivity contribution in [2.45, 2.75) is 10.8 Å². The third kappa shape index (κ3) is 1.55. The highest BCUT2D eigenvalue weighted by Crippen LogP contribution is 2.42. The van der Waals surface area contributed by atoms with Gasteiger partial charge in [-0.1, -0.05) is 35.0 Å². The summed E-state index contributed by atoms with van der Waals surface area (Å²) in [6.45, 7) is 0. The topological polar surface area (TPSA) is 20.2 Å². The van der Waals surface area contributed by atoms with Gasteiger partial charge in [0.05, 0.1) is 0 Å². The van der Waals surface area contributed by atoms with Crippen LogP contribution < -0.4 is 0 Å². The number of halogens is 2. The van der Waals surface area contributed by atoms with Crippen LogP contribution in [0.1, 0.15) is 6.42 Å². The van der Waals surface area contributed by atoms with Gasteiger partial charge in [0.25, 0.3) is 0 Å². The van der Waals surface area contributed by atoms with E-state index in [4.69, 9.17) is 28.3 Å². The molecule has 46 valence electrons. The Labute approximate surface area is 61.7 Å². The Balaban J connectivity index is 2.55. The molecular weight excluding hydrogens is 167 g/mol. The highest BCUT2D eigenvalue weighted by atomic mass is 35.5. The van der Waals surface area contributed by atoms with Crippen LogP contribution in [0.25, 0.3) is 0 Å². The van der Waals surface area contributed by atoms with Gasteiger partial charge in [-0.05, 0) is 5.41 Å². The largest absolute Gasteiger partial charge is 0.366 e. The summed E-state index contributed by atoms with van der Waals surface area (Å²) in [6, 6.07) is 0. The number of alkyl halides is 1. The molecule has 4 heteroatoms. The summed E-state index contributed by atoms with van der Waals surface area (Å²) in [6.07, 6.45) is 0.348. The SMILES string of the molecule is OC1(Cl)CC(Cl)=CS1. The number of thioether (sulfide) groups is 1. The van der Waals surface area contributed by atoms with Crippen molar-refractivity contribution in [3.63, 3.8) is 0 Å². The van der Waals surface area contributed by atoms with E-state index in [-0.39, 0.29) is 0 Å². The molecule has 0 aromatic heterocycles. The zero-order chi connectivity index (χ0) is 6.20. The van der Waals surface area contributed by atoms with Crippen molar-refractivity contribution in [3.8, 4) is 0 Å². The van der Waals surface area contributed by atoms with Crippen LogP contribution >= 0.6 is 35.0 Å². The Hall–Kier alpha value is 0.630. The third-order valence-corrected chi connectivity index (χ3v) is 2.44. The summed E-state index contributed by atoms with van der Waals surface area (Å²) in [7, 11) is 0. The van der Waals surface area contributed by atoms with E-state index in [0.717, 1.165) is 11.8 Å². The molecular formula is C4H4Cl2OS. The molecule has 0 bridgehead atoms. The third-order valence-electron chi connectivity index (χ3n) is 0.754. The quantitative estimate of drug-likeness (QED) is 0.563. The van der Waals surface area contributed by atoms with Crippen molar-refractivity contribution in [2.75, 3.05) is 0 Å². The van der Waals surface area contributed by atoms with Crippen molar-refractivity contribution in [1.82, 2.24) is 0 Å². The maximum Gasteiger partial charge on any atom is 0.195 e. The molecule has 1 nitrogen and oxygen atoms in total. The molecule has 1 atom stereocenters. The number of hydrogen-bond acceptors (Lipinski definition) is 2. The molecule has 0 aliphatic carbocycles. The van der Waals surface area contributed by atoms with E-state index in [1.165, 1.54) is 0 Å². The van der Waals surface area contributed by atoms with Gasteiger partial charge in [-0.3, -0.25) is 0 Å². The average Bonchev–Trinajstić information content (AvgIpc) is 1.82. The second-order valence-electron chi connectivity index (χ2n) is 1.55. The van der Waals surface area contributed by atoms with E-state index >= 15 is 0 Å². The molecule has 0 saturated heterocycles. The van der Waals surface area contributed by atoms with E-state index in [1.54, 1.807) is 5.41 Å². The lowest BCUT2D eigenvalue weighted by Gasteiger charge is -2.08. The Morgan fingerprint density at radius 3 is 2.62 bits per heavy atom. The first-order valence-corrected chi connectivity index (χ1v) is 3.67. The molecule has 8 heavy (non-hydrogen) atoms. The minimum absolute atomic E-state index is 0.348. The van der Waals surface area contributed by atoms with Gasteiger partial charge in [-0.15, -0.1) is 0 Å². The summed E-state index contributed by atoms with van der Waals surface area (Å²) in [4.78, 5) is 0. The lowest BCUT2D eigenvalue weighted by atomic mass is 10.4. The van der Waals surface area contributed by atoms with Crippen molar-refractivity contribution in [3.05, 3.63) is 10.4 Å². The molecule has 1 rings (SSSR count). The van der Waals surface area contributed by atoms with E-state index in [9.17, 15) is 0 Å². The van der Waals surface area contributed by atoms with Gasteiger partial charge in [-0.25, -0.2) is 0 Å². The summed E-state index contributed by atoms with van der Waals surface area (Å²) >= 11 is 12.1. The van der Waals surface area contributed by atoms with E-state index in [2.05, 4.69) is 0 Å². The van der Waals surface area contributed by atoms with Crippen LogP contribution in [0.2, 0.25) is 0 Å². The van der Waals surface area contributed by atoms with Crippen molar-refractivity contribution in [1.29, 1.82) is 0 Å². The van der Waals surface area contributed by atoms with Gasteiger partial charge in [0.15, 0.2) is 4.39 Å². The normalized spacial score (nSPS) is 37.6. The number of rotatable bonds is 0. The summed E-state index contributed by atoms with van der Waals surface area (Å²) in [5.74, 6) is 0. The Morgan fingerprint density at radius 2 is 2.50 bits per heavy atom. The molecule has 0 saturated carbocycles. The van der Waals surface area contributed by atoms with Crippen LogP contribution in [0.5, 0.6) is 0 Å². The molecule has 0 amide bonds. The second-order valence-corrected chi connectivity index (χ2v) is 4.03. The van der Waals surface area contributed by atoms with Gasteiger partial charge in [-0.2, -0.15) is 0 Å². The molecule has 0 fully saturated rings. The maximum absolute atomic E-state index is 8.96. The monoisotopic (exact) mass is 170 g/mol. The van der Waals surface area contributed by atoms with Crippen LogP contribution in [0.15, 0.2) is 10.4 Å². The van der Waals surface area contributed by atoms with E-state index in [0.29, 0.717) is 11.5 Å². The predicted octanol–water partition coefficient (Wildman–Crippen LogP) is 2.09. The van der Waals surface area contributed by atoms with Gasteiger partial charge >= 0.3 is 0 Å². The van der Waals surface area contributed by atoms with Crippen LogP contribution in [0, 0.1) is 0 Å². The van der Waals surface area contributed by atoms with Crippen LogP contribution in [-0.2, 0) is 0 Å². The average molecular weight is 171 g/mol. The lowest BCUT2D eigenvalue weighted by molar-refractivity contribution is 0.228. The molecule has 0 radical (unpaired) electrons. The number of aliphatic hydroxyl groups is 1. The highest BCUT2D eigenvalue weighted by molar-refractivity contribution is 8.04.